The highest BCUT2D eigenvalue weighted by atomic mass is 32.1. The Morgan fingerprint density at radius 1 is 1.16 bits per heavy atom. The molecular formula is C23H22F2N2O3S. The summed E-state index contributed by atoms with van der Waals surface area (Å²) in [5, 5.41) is 3.83. The summed E-state index contributed by atoms with van der Waals surface area (Å²) in [6, 6.07) is 14.1. The molecule has 1 unspecified atom stereocenters. The van der Waals surface area contributed by atoms with E-state index in [1.54, 1.807) is 23.5 Å². The number of ether oxygens (including phenoxy) is 2. The lowest BCUT2D eigenvalue weighted by Crippen LogP contribution is -2.24. The molecule has 3 aromatic rings. The number of aryl methyl sites for hydroxylation is 1. The van der Waals surface area contributed by atoms with Crippen LogP contribution in [0.3, 0.4) is 0 Å². The predicted molar refractivity (Wildman–Crippen MR) is 118 cm³/mol. The molecule has 8 heteroatoms. The fraction of sp³-hybridized carbons (Fsp3) is 0.217. The van der Waals surface area contributed by atoms with E-state index in [4.69, 9.17) is 4.74 Å². The number of carbonyl (C=O) groups is 1. The lowest BCUT2D eigenvalue weighted by Gasteiger charge is -2.11. The van der Waals surface area contributed by atoms with Gasteiger partial charge in [-0.15, -0.1) is 11.3 Å². The number of benzene rings is 2. The Morgan fingerprint density at radius 3 is 2.58 bits per heavy atom. The third kappa shape index (κ3) is 5.88. The van der Waals surface area contributed by atoms with Crippen LogP contribution in [-0.4, -0.2) is 24.6 Å². The number of carbonyl (C=O) groups excluding carboxylic acids is 1. The molecule has 162 valence electrons. The van der Waals surface area contributed by atoms with E-state index in [0.29, 0.717) is 5.56 Å². The molecule has 0 bridgehead atoms. The number of hydrogen-bond acceptors (Lipinski definition) is 5. The lowest BCUT2D eigenvalue weighted by molar-refractivity contribution is -0.117. The van der Waals surface area contributed by atoms with Crippen molar-refractivity contribution in [3.8, 4) is 22.1 Å². The van der Waals surface area contributed by atoms with E-state index in [-0.39, 0.29) is 23.4 Å². The van der Waals surface area contributed by atoms with Gasteiger partial charge in [0.1, 0.15) is 5.01 Å². The lowest BCUT2D eigenvalue weighted by atomic mass is 10.2. The molecule has 0 aliphatic carbocycles. The number of aromatic nitrogens is 1. The van der Waals surface area contributed by atoms with Gasteiger partial charge in [-0.1, -0.05) is 36.4 Å². The number of nitrogens with one attached hydrogen (secondary N) is 1. The van der Waals surface area contributed by atoms with Gasteiger partial charge in [0, 0.05) is 11.6 Å². The highest BCUT2D eigenvalue weighted by molar-refractivity contribution is 7.15. The maximum absolute atomic E-state index is 12.4. The molecule has 0 saturated carbocycles. The van der Waals surface area contributed by atoms with Gasteiger partial charge in [-0.2, -0.15) is 8.78 Å². The van der Waals surface area contributed by atoms with E-state index in [0.717, 1.165) is 21.1 Å². The summed E-state index contributed by atoms with van der Waals surface area (Å²) in [5.41, 5.74) is 2.52. The van der Waals surface area contributed by atoms with Crippen molar-refractivity contribution in [2.24, 2.45) is 0 Å². The van der Waals surface area contributed by atoms with Gasteiger partial charge < -0.3 is 14.8 Å². The number of hydrogen-bond donors (Lipinski definition) is 1. The van der Waals surface area contributed by atoms with Gasteiger partial charge in [0.05, 0.1) is 23.7 Å². The molecule has 0 aliphatic rings. The summed E-state index contributed by atoms with van der Waals surface area (Å²) >= 11 is 1.55. The van der Waals surface area contributed by atoms with Crippen LogP contribution in [0, 0.1) is 6.92 Å². The SMILES string of the molecule is COc1cc(C=CC(=O)NC(C)c2sc(-c3ccccc3)nc2C)ccc1OC(F)F. The van der Waals surface area contributed by atoms with E-state index in [9.17, 15) is 13.6 Å². The van der Waals surface area contributed by atoms with Gasteiger partial charge >= 0.3 is 6.61 Å². The van der Waals surface area contributed by atoms with Crippen molar-refractivity contribution in [1.29, 1.82) is 0 Å². The highest BCUT2D eigenvalue weighted by Crippen LogP contribution is 2.32. The van der Waals surface area contributed by atoms with Crippen LogP contribution in [-0.2, 0) is 4.79 Å². The molecule has 5 nitrogen and oxygen atoms in total. The van der Waals surface area contributed by atoms with Crippen molar-refractivity contribution in [2.45, 2.75) is 26.5 Å². The fourth-order valence-electron chi connectivity index (χ4n) is 2.99. The van der Waals surface area contributed by atoms with Gasteiger partial charge in [0.25, 0.3) is 0 Å². The molecule has 31 heavy (non-hydrogen) atoms. The Hall–Kier alpha value is -3.26. The van der Waals surface area contributed by atoms with Crippen LogP contribution in [0.2, 0.25) is 0 Å². The van der Waals surface area contributed by atoms with E-state index < -0.39 is 6.61 Å². The number of alkyl halides is 2. The van der Waals surface area contributed by atoms with Gasteiger partial charge in [0.15, 0.2) is 11.5 Å². The third-order valence-electron chi connectivity index (χ3n) is 4.44. The number of halogens is 2. The van der Waals surface area contributed by atoms with Crippen molar-refractivity contribution in [2.75, 3.05) is 7.11 Å². The maximum Gasteiger partial charge on any atom is 0.387 e. The molecule has 1 N–H and O–H groups in total. The van der Waals surface area contributed by atoms with Crippen LogP contribution in [0.15, 0.2) is 54.6 Å². The summed E-state index contributed by atoms with van der Waals surface area (Å²) in [6.07, 6.45) is 2.96. The summed E-state index contributed by atoms with van der Waals surface area (Å²) in [5.74, 6) is -0.194. The van der Waals surface area contributed by atoms with Crippen molar-refractivity contribution in [3.05, 3.63) is 70.7 Å². The first-order valence-corrected chi connectivity index (χ1v) is 10.3. The van der Waals surface area contributed by atoms with Crippen molar-refractivity contribution in [1.82, 2.24) is 10.3 Å². The van der Waals surface area contributed by atoms with Gasteiger partial charge in [-0.3, -0.25) is 4.79 Å². The average molecular weight is 445 g/mol. The van der Waals surface area contributed by atoms with Crippen molar-refractivity contribution >= 4 is 23.3 Å². The molecule has 2 aromatic carbocycles. The Morgan fingerprint density at radius 2 is 1.90 bits per heavy atom. The fourth-order valence-corrected chi connectivity index (χ4v) is 4.07. The van der Waals surface area contributed by atoms with Crippen LogP contribution < -0.4 is 14.8 Å². The second-order valence-corrected chi connectivity index (χ2v) is 7.72. The van der Waals surface area contributed by atoms with E-state index >= 15 is 0 Å². The standard InChI is InChI=1S/C23H22F2N2O3S/c1-14(21-15(2)27-22(31-21)17-7-5-4-6-8-17)26-20(28)12-10-16-9-11-18(30-23(24)25)19(13-16)29-3/h4-14,23H,1-3H3,(H,26,28). The molecule has 1 atom stereocenters. The van der Waals surface area contributed by atoms with Gasteiger partial charge in [0.2, 0.25) is 5.91 Å². The van der Waals surface area contributed by atoms with E-state index in [1.165, 1.54) is 25.3 Å². The molecule has 0 aliphatic heterocycles. The summed E-state index contributed by atoms with van der Waals surface area (Å²) in [6.45, 7) is 0.882. The minimum atomic E-state index is -2.94. The minimum Gasteiger partial charge on any atom is -0.493 e. The number of thiazole rings is 1. The van der Waals surface area contributed by atoms with Crippen LogP contribution in [0.5, 0.6) is 11.5 Å². The summed E-state index contributed by atoms with van der Waals surface area (Å²) in [4.78, 5) is 18.0. The van der Waals surface area contributed by atoms with Crippen LogP contribution in [0.25, 0.3) is 16.6 Å². The molecule has 1 amide bonds. The number of methoxy groups -OCH3 is 1. The van der Waals surface area contributed by atoms with E-state index in [2.05, 4.69) is 15.0 Å². The zero-order valence-electron chi connectivity index (χ0n) is 17.3. The quantitative estimate of drug-likeness (QED) is 0.458. The Kier molecular flexibility index (Phi) is 7.36. The zero-order chi connectivity index (χ0) is 22.4. The van der Waals surface area contributed by atoms with Crippen LogP contribution >= 0.6 is 11.3 Å². The Labute approximate surface area is 183 Å². The van der Waals surface area contributed by atoms with Crippen molar-refractivity contribution < 1.29 is 23.0 Å². The molecule has 1 aromatic heterocycles. The van der Waals surface area contributed by atoms with Crippen molar-refractivity contribution in [3.63, 3.8) is 0 Å². The monoisotopic (exact) mass is 444 g/mol. The first-order chi connectivity index (χ1) is 14.9. The minimum absolute atomic E-state index is 0.0670. The maximum atomic E-state index is 12.4. The smallest absolute Gasteiger partial charge is 0.387 e. The molecule has 0 fully saturated rings. The van der Waals surface area contributed by atoms with Crippen LogP contribution in [0.4, 0.5) is 8.78 Å². The summed E-state index contributed by atoms with van der Waals surface area (Å²) in [7, 11) is 1.36. The van der Waals surface area contributed by atoms with Gasteiger partial charge in [-0.05, 0) is 37.6 Å². The molecule has 0 spiro atoms. The second-order valence-electron chi connectivity index (χ2n) is 6.69. The first-order valence-electron chi connectivity index (χ1n) is 9.51. The third-order valence-corrected chi connectivity index (χ3v) is 5.83. The number of amides is 1. The second kappa shape index (κ2) is 10.2. The summed E-state index contributed by atoms with van der Waals surface area (Å²) < 4.78 is 34.3. The molecule has 3 rings (SSSR count). The van der Waals surface area contributed by atoms with Gasteiger partial charge in [-0.25, -0.2) is 4.98 Å². The largest absolute Gasteiger partial charge is 0.493 e. The first kappa shape index (κ1) is 22.4. The number of rotatable bonds is 8. The zero-order valence-corrected chi connectivity index (χ0v) is 18.1. The highest BCUT2D eigenvalue weighted by Gasteiger charge is 2.16. The Bertz CT molecular complexity index is 1070. The molecule has 0 radical (unpaired) electrons. The Balaban J connectivity index is 1.67. The normalized spacial score (nSPS) is 12.2. The predicted octanol–water partition coefficient (Wildman–Crippen LogP) is 5.62. The van der Waals surface area contributed by atoms with E-state index in [1.807, 2.05) is 44.2 Å². The molecular weight excluding hydrogens is 422 g/mol. The number of nitrogens with zero attached hydrogens (tertiary/aromatic N) is 1. The molecule has 0 saturated heterocycles. The average Bonchev–Trinajstić information content (AvgIpc) is 3.15. The molecule has 1 heterocycles. The van der Waals surface area contributed by atoms with Crippen LogP contribution in [0.1, 0.15) is 29.1 Å². The topological polar surface area (TPSA) is 60.5 Å².